The molecule has 0 aliphatic heterocycles. The lowest BCUT2D eigenvalue weighted by atomic mass is 10.2. The number of rotatable bonds is 2. The SMILES string of the molecule is CC(C)c1ncc(N)c(CO)n1. The zero-order chi connectivity index (χ0) is 9.14. The number of aliphatic hydroxyl groups is 1. The number of nitrogen functional groups attached to an aromatic ring is 1. The molecule has 1 heterocycles. The van der Waals surface area contributed by atoms with Gasteiger partial charge in [-0.15, -0.1) is 0 Å². The van der Waals surface area contributed by atoms with Gasteiger partial charge in [0.2, 0.25) is 0 Å². The van der Waals surface area contributed by atoms with Crippen LogP contribution in [0.25, 0.3) is 0 Å². The van der Waals surface area contributed by atoms with Crippen LogP contribution >= 0.6 is 0 Å². The number of hydrogen-bond acceptors (Lipinski definition) is 4. The molecule has 1 aromatic rings. The summed E-state index contributed by atoms with van der Waals surface area (Å²) in [5.74, 6) is 0.976. The Labute approximate surface area is 71.5 Å². The van der Waals surface area contributed by atoms with Gasteiger partial charge >= 0.3 is 0 Å². The van der Waals surface area contributed by atoms with Gasteiger partial charge in [0.1, 0.15) is 5.82 Å². The zero-order valence-electron chi connectivity index (χ0n) is 7.28. The minimum Gasteiger partial charge on any atom is -0.396 e. The molecule has 0 fully saturated rings. The summed E-state index contributed by atoms with van der Waals surface area (Å²) in [6.07, 6.45) is 1.54. The number of nitrogens with zero attached hydrogens (tertiary/aromatic N) is 2. The first-order chi connectivity index (χ1) is 5.65. The lowest BCUT2D eigenvalue weighted by molar-refractivity contribution is 0.277. The van der Waals surface area contributed by atoms with Crippen molar-refractivity contribution in [3.05, 3.63) is 17.7 Å². The van der Waals surface area contributed by atoms with E-state index in [0.29, 0.717) is 17.2 Å². The molecular weight excluding hydrogens is 154 g/mol. The monoisotopic (exact) mass is 167 g/mol. The van der Waals surface area contributed by atoms with E-state index in [4.69, 9.17) is 10.8 Å². The molecule has 0 aliphatic rings. The van der Waals surface area contributed by atoms with E-state index in [2.05, 4.69) is 9.97 Å². The minimum absolute atomic E-state index is 0.131. The fraction of sp³-hybridized carbons (Fsp3) is 0.500. The smallest absolute Gasteiger partial charge is 0.131 e. The van der Waals surface area contributed by atoms with Gasteiger partial charge in [-0.25, -0.2) is 9.97 Å². The van der Waals surface area contributed by atoms with Crippen molar-refractivity contribution in [3.63, 3.8) is 0 Å². The first-order valence-corrected chi connectivity index (χ1v) is 3.87. The topological polar surface area (TPSA) is 72.0 Å². The highest BCUT2D eigenvalue weighted by Gasteiger charge is 2.05. The Hall–Kier alpha value is -1.16. The van der Waals surface area contributed by atoms with E-state index in [-0.39, 0.29) is 12.5 Å². The third kappa shape index (κ3) is 1.71. The first kappa shape index (κ1) is 8.93. The van der Waals surface area contributed by atoms with Gasteiger partial charge in [0.25, 0.3) is 0 Å². The molecule has 4 nitrogen and oxygen atoms in total. The zero-order valence-corrected chi connectivity index (χ0v) is 7.28. The molecule has 0 amide bonds. The molecule has 66 valence electrons. The summed E-state index contributed by atoms with van der Waals surface area (Å²) in [5, 5.41) is 8.85. The van der Waals surface area contributed by atoms with Crippen molar-refractivity contribution in [2.24, 2.45) is 0 Å². The van der Waals surface area contributed by atoms with Crippen LogP contribution in [0.3, 0.4) is 0 Å². The van der Waals surface area contributed by atoms with E-state index in [0.717, 1.165) is 0 Å². The van der Waals surface area contributed by atoms with Gasteiger partial charge in [0, 0.05) is 5.92 Å². The average molecular weight is 167 g/mol. The molecule has 0 atom stereocenters. The van der Waals surface area contributed by atoms with E-state index in [1.54, 1.807) is 0 Å². The molecular formula is C8H13N3O. The third-order valence-electron chi connectivity index (χ3n) is 1.58. The Bertz CT molecular complexity index is 273. The van der Waals surface area contributed by atoms with Crippen molar-refractivity contribution in [1.82, 2.24) is 9.97 Å². The van der Waals surface area contributed by atoms with Gasteiger partial charge in [0.05, 0.1) is 24.2 Å². The van der Waals surface area contributed by atoms with Crippen LogP contribution in [0.2, 0.25) is 0 Å². The molecule has 3 N–H and O–H groups in total. The van der Waals surface area contributed by atoms with Gasteiger partial charge in [-0.3, -0.25) is 0 Å². The highest BCUT2D eigenvalue weighted by atomic mass is 16.3. The minimum atomic E-state index is -0.131. The molecule has 0 radical (unpaired) electrons. The third-order valence-corrected chi connectivity index (χ3v) is 1.58. The number of aromatic nitrogens is 2. The largest absolute Gasteiger partial charge is 0.396 e. The number of anilines is 1. The maximum Gasteiger partial charge on any atom is 0.131 e. The summed E-state index contributed by atoms with van der Waals surface area (Å²) in [5.41, 5.74) is 6.47. The molecule has 0 bridgehead atoms. The molecule has 0 aliphatic carbocycles. The van der Waals surface area contributed by atoms with Crippen LogP contribution in [0, 0.1) is 0 Å². The summed E-state index contributed by atoms with van der Waals surface area (Å²) in [7, 11) is 0. The second-order valence-electron chi connectivity index (χ2n) is 2.94. The van der Waals surface area contributed by atoms with E-state index >= 15 is 0 Å². The van der Waals surface area contributed by atoms with Gasteiger partial charge in [-0.1, -0.05) is 13.8 Å². The van der Waals surface area contributed by atoms with Crippen molar-refractivity contribution in [1.29, 1.82) is 0 Å². The summed E-state index contributed by atoms with van der Waals surface area (Å²) in [4.78, 5) is 8.14. The second kappa shape index (κ2) is 3.49. The lowest BCUT2D eigenvalue weighted by Crippen LogP contribution is -2.04. The maximum absolute atomic E-state index is 8.85. The van der Waals surface area contributed by atoms with Crippen molar-refractivity contribution < 1.29 is 5.11 Å². The lowest BCUT2D eigenvalue weighted by Gasteiger charge is -2.06. The summed E-state index contributed by atoms with van der Waals surface area (Å²) in [6, 6.07) is 0. The van der Waals surface area contributed by atoms with E-state index < -0.39 is 0 Å². The molecule has 0 spiro atoms. The molecule has 1 rings (SSSR count). The van der Waals surface area contributed by atoms with Crippen molar-refractivity contribution >= 4 is 5.69 Å². The van der Waals surface area contributed by atoms with Crippen molar-refractivity contribution in [3.8, 4) is 0 Å². The summed E-state index contributed by atoms with van der Waals surface area (Å²) >= 11 is 0. The fourth-order valence-corrected chi connectivity index (χ4v) is 0.847. The van der Waals surface area contributed by atoms with Crippen LogP contribution < -0.4 is 5.73 Å². The highest BCUT2D eigenvalue weighted by Crippen LogP contribution is 2.12. The summed E-state index contributed by atoms with van der Waals surface area (Å²) in [6.45, 7) is 3.85. The van der Waals surface area contributed by atoms with Gasteiger partial charge in [0.15, 0.2) is 0 Å². The van der Waals surface area contributed by atoms with E-state index in [1.165, 1.54) is 6.20 Å². The molecule has 1 aromatic heterocycles. The number of aliphatic hydroxyl groups excluding tert-OH is 1. The molecule has 12 heavy (non-hydrogen) atoms. The standard InChI is InChI=1S/C8H13N3O/c1-5(2)8-10-3-6(9)7(4-12)11-8/h3,5,12H,4,9H2,1-2H3. The number of nitrogens with two attached hydrogens (primary N) is 1. The fourth-order valence-electron chi connectivity index (χ4n) is 0.847. The van der Waals surface area contributed by atoms with Gasteiger partial charge in [-0.2, -0.15) is 0 Å². The molecule has 4 heteroatoms. The Morgan fingerprint density at radius 1 is 1.58 bits per heavy atom. The Kier molecular flexibility index (Phi) is 2.60. The van der Waals surface area contributed by atoms with E-state index in [9.17, 15) is 0 Å². The predicted octanol–water partition coefficient (Wildman–Crippen LogP) is 0.675. The Morgan fingerprint density at radius 2 is 2.25 bits per heavy atom. The molecule has 0 unspecified atom stereocenters. The molecule has 0 saturated carbocycles. The second-order valence-corrected chi connectivity index (χ2v) is 2.94. The number of hydrogen-bond donors (Lipinski definition) is 2. The quantitative estimate of drug-likeness (QED) is 0.679. The van der Waals surface area contributed by atoms with Crippen molar-refractivity contribution in [2.75, 3.05) is 5.73 Å². The first-order valence-electron chi connectivity index (χ1n) is 3.87. The van der Waals surface area contributed by atoms with Crippen LogP contribution in [0.15, 0.2) is 6.20 Å². The highest BCUT2D eigenvalue weighted by molar-refractivity contribution is 5.39. The van der Waals surface area contributed by atoms with Crippen molar-refractivity contribution in [2.45, 2.75) is 26.4 Å². The van der Waals surface area contributed by atoms with Gasteiger partial charge in [-0.05, 0) is 0 Å². The van der Waals surface area contributed by atoms with Crippen LogP contribution in [0.1, 0.15) is 31.3 Å². The van der Waals surface area contributed by atoms with Crippen LogP contribution in [0.5, 0.6) is 0 Å². The Balaban J connectivity index is 3.05. The maximum atomic E-state index is 8.85. The van der Waals surface area contributed by atoms with Crippen LogP contribution in [-0.4, -0.2) is 15.1 Å². The summed E-state index contributed by atoms with van der Waals surface area (Å²) < 4.78 is 0. The van der Waals surface area contributed by atoms with Gasteiger partial charge < -0.3 is 10.8 Å². The Morgan fingerprint density at radius 3 is 2.75 bits per heavy atom. The molecule has 0 aromatic carbocycles. The normalized spacial score (nSPS) is 10.7. The van der Waals surface area contributed by atoms with Crippen LogP contribution in [0.4, 0.5) is 5.69 Å². The van der Waals surface area contributed by atoms with Crippen LogP contribution in [-0.2, 0) is 6.61 Å². The molecule has 0 saturated heterocycles. The predicted molar refractivity (Wildman–Crippen MR) is 46.5 cm³/mol. The average Bonchev–Trinajstić information content (AvgIpc) is 2.05. The van der Waals surface area contributed by atoms with E-state index in [1.807, 2.05) is 13.8 Å².